The standard InChI is InChI=1S/C26H24O3.C18H16O3.C16H16O2.C15H14O2.C11H8BrFO3.C9H11NO2.C9H9NO/c1-17-10-7-8-14-21(17)24-25(27)23-18(2)11-9-15-22(23)29-26(24)19(3)28-16-20-12-5-4-6-13-20;1-11-7-6-10-14-15(11)17(20)16(18(21-14)12(2)19)13-8-4-3-5-9-13;1-12-7-6-10-15(18-2)16(12)14(17)11-13-8-4-3-5-9-13;1-11-6-5-9-13(16)15(11)14(17)10-12-7-3-2-4-8-12;1-5(14)11-9(12)10(15)8-6(13)3-2-4-7(8)16-11;1-7-4-3-5-9(12-2)8(7)6-10-11;1-7-4-3-5-9(11-2)8(7)6-10/h4-15,19H,16H2,1-3H3;3-10,12,19H,1-2H3;3-10H,11H2,1-2H3;2-9,16H,10H2,1H3;2-5,14H,1H3;3-6,11H,1-2H3;3-5H,1-2H3/b;;;;;10-6+;. The van der Waals surface area contributed by atoms with Gasteiger partial charge in [0, 0.05) is 18.4 Å². The highest BCUT2D eigenvalue weighted by Crippen LogP contribution is 2.36. The SMILES string of the molecule is CC(O)c1oc2cccc(F)c2c(=O)c1Br.COc1cccc(C)c1/C=N/O.COc1cccc(C)c1C#N.COc1cccc(C)c1C(=O)Cc1ccccc1.Cc1cccc(O)c1C(=O)Cc1ccccc1.Cc1cccc2oc(C(C)O)c(-c3ccccc3)c(=O)c12.Cc1ccccc1-c1c(C(C)OCc2ccccc2)oc2cccc(C)c2c1=O. The maximum atomic E-state index is 13.6. The van der Waals surface area contributed by atoms with Crippen molar-refractivity contribution in [3.05, 3.63) is 409 Å². The molecule has 12 aromatic carbocycles. The third kappa shape index (κ3) is 24.0. The van der Waals surface area contributed by atoms with Crippen LogP contribution in [0.25, 0.3) is 55.2 Å². The van der Waals surface area contributed by atoms with Crippen LogP contribution in [-0.4, -0.2) is 59.6 Å². The van der Waals surface area contributed by atoms with E-state index in [1.807, 2.05) is 286 Å². The predicted molar refractivity (Wildman–Crippen MR) is 490 cm³/mol. The summed E-state index contributed by atoms with van der Waals surface area (Å²) < 4.78 is 52.3. The summed E-state index contributed by atoms with van der Waals surface area (Å²) in [4.78, 5) is 62.7. The Hall–Kier alpha value is -13.9. The Morgan fingerprint density at radius 3 is 1.37 bits per heavy atom. The number of phenols is 1. The molecule has 3 unspecified atom stereocenters. The van der Waals surface area contributed by atoms with Crippen LogP contribution in [0.4, 0.5) is 4.39 Å². The molecule has 0 saturated carbocycles. The van der Waals surface area contributed by atoms with Crippen molar-refractivity contribution in [2.75, 3.05) is 21.3 Å². The van der Waals surface area contributed by atoms with E-state index < -0.39 is 23.5 Å². The lowest BCUT2D eigenvalue weighted by Gasteiger charge is -2.18. The first-order valence-electron chi connectivity index (χ1n) is 39.7. The number of ketones is 2. The average Bonchev–Trinajstić information content (AvgIpc) is 0.759. The number of ether oxygens (including phenoxy) is 4. The number of carbonyl (C=O) groups excluding carboxylic acids is 2. The van der Waals surface area contributed by atoms with Crippen LogP contribution in [-0.2, 0) is 24.2 Å². The number of aromatic hydroxyl groups is 1. The monoisotopic (exact) mass is 1730 g/mol. The molecule has 15 aromatic rings. The molecule has 0 amide bonds. The van der Waals surface area contributed by atoms with E-state index in [0.29, 0.717) is 98.0 Å². The van der Waals surface area contributed by atoms with Crippen LogP contribution >= 0.6 is 15.9 Å². The van der Waals surface area contributed by atoms with Crippen LogP contribution in [0.5, 0.6) is 23.0 Å². The number of hydrogen-bond acceptors (Lipinski definition) is 18. The fourth-order valence-corrected chi connectivity index (χ4v) is 14.3. The van der Waals surface area contributed by atoms with Crippen LogP contribution in [0, 0.1) is 65.6 Å². The molecule has 0 spiro atoms. The van der Waals surface area contributed by atoms with Crippen molar-refractivity contribution in [2.24, 2.45) is 5.16 Å². The molecule has 3 heterocycles. The van der Waals surface area contributed by atoms with Crippen LogP contribution in [0.1, 0.15) is 144 Å². The highest BCUT2D eigenvalue weighted by Gasteiger charge is 2.26. The number of aliphatic hydroxyl groups is 2. The molecular weight excluding hydrogens is 1630 g/mol. The van der Waals surface area contributed by atoms with Gasteiger partial charge in [-0.2, -0.15) is 5.26 Å². The Bertz CT molecular complexity index is 6420. The number of nitriles is 1. The second-order valence-corrected chi connectivity index (χ2v) is 29.7. The lowest BCUT2D eigenvalue weighted by molar-refractivity contribution is 0.0389. The van der Waals surface area contributed by atoms with Crippen molar-refractivity contribution in [1.29, 1.82) is 5.26 Å². The van der Waals surface area contributed by atoms with Crippen molar-refractivity contribution in [3.63, 3.8) is 0 Å². The topological polar surface area (TPSA) is 279 Å². The number of Topliss-reactive ketones (excluding diaryl/α,β-unsaturated/α-hetero) is 2. The van der Waals surface area contributed by atoms with E-state index in [1.54, 1.807) is 52.5 Å². The summed E-state index contributed by atoms with van der Waals surface area (Å²) in [6.45, 7) is 18.9. The Morgan fingerprint density at radius 1 is 0.452 bits per heavy atom. The Labute approximate surface area is 728 Å². The minimum atomic E-state index is -0.935. The number of methoxy groups -OCH3 is 3. The molecule has 0 bridgehead atoms. The number of aryl methyl sites for hydroxylation is 7. The fraction of sp³-hybridized carbons (Fsp3) is 0.183. The van der Waals surface area contributed by atoms with Crippen molar-refractivity contribution < 1.29 is 66.7 Å². The van der Waals surface area contributed by atoms with Gasteiger partial charge in [0.05, 0.1) is 72.7 Å². The number of phenolic OH excluding ortho intramolecular Hbond substituents is 1. The van der Waals surface area contributed by atoms with E-state index in [1.165, 1.54) is 31.3 Å². The maximum absolute atomic E-state index is 13.6. The summed E-state index contributed by atoms with van der Waals surface area (Å²) >= 11 is 3.00. The van der Waals surface area contributed by atoms with E-state index in [2.05, 4.69) is 27.2 Å². The number of fused-ring (bicyclic) bond motifs is 3. The normalized spacial score (nSPS) is 11.3. The molecule has 634 valence electrons. The number of hydrogen-bond donors (Lipinski definition) is 4. The number of oxime groups is 1. The summed E-state index contributed by atoms with van der Waals surface area (Å²) in [5, 5.41) is 50.2. The third-order valence-corrected chi connectivity index (χ3v) is 20.8. The molecule has 124 heavy (non-hydrogen) atoms. The van der Waals surface area contributed by atoms with E-state index in [-0.39, 0.29) is 55.5 Å². The summed E-state index contributed by atoms with van der Waals surface area (Å²) in [6, 6.07) is 85.9. The van der Waals surface area contributed by atoms with Crippen LogP contribution in [0.15, 0.2) is 310 Å². The molecular formula is C104H98BrFN2O16. The predicted octanol–water partition coefficient (Wildman–Crippen LogP) is 23.2. The Balaban J connectivity index is 0.000000168. The quantitative estimate of drug-likeness (QED) is 0.0269. The van der Waals surface area contributed by atoms with Gasteiger partial charge >= 0.3 is 0 Å². The second-order valence-electron chi connectivity index (χ2n) is 28.9. The molecule has 0 saturated heterocycles. The summed E-state index contributed by atoms with van der Waals surface area (Å²) in [7, 11) is 4.74. The van der Waals surface area contributed by atoms with Gasteiger partial charge in [-0.1, -0.05) is 230 Å². The van der Waals surface area contributed by atoms with Gasteiger partial charge in [0.25, 0.3) is 0 Å². The molecule has 0 fully saturated rings. The van der Waals surface area contributed by atoms with Crippen molar-refractivity contribution in [3.8, 4) is 51.3 Å². The molecule has 0 radical (unpaired) electrons. The molecule has 4 N–H and O–H groups in total. The summed E-state index contributed by atoms with van der Waals surface area (Å²) in [5.74, 6) is 2.46. The molecule has 20 heteroatoms. The third-order valence-electron chi connectivity index (χ3n) is 20.0. The zero-order chi connectivity index (χ0) is 89.7. The van der Waals surface area contributed by atoms with Gasteiger partial charge in [-0.05, 0) is 200 Å². The number of halogens is 2. The smallest absolute Gasteiger partial charge is 0.210 e. The van der Waals surface area contributed by atoms with Gasteiger partial charge in [-0.25, -0.2) is 4.39 Å². The average molecular weight is 1730 g/mol. The second kappa shape index (κ2) is 45.6. The van der Waals surface area contributed by atoms with Crippen LogP contribution < -0.4 is 30.5 Å². The lowest BCUT2D eigenvalue weighted by atomic mass is 9.95. The minimum Gasteiger partial charge on any atom is -0.507 e. The first-order chi connectivity index (χ1) is 59.7. The number of rotatable bonds is 18. The van der Waals surface area contributed by atoms with E-state index >= 15 is 0 Å². The fourth-order valence-electron chi connectivity index (χ4n) is 13.7. The largest absolute Gasteiger partial charge is 0.507 e. The van der Waals surface area contributed by atoms with Gasteiger partial charge in [0.2, 0.25) is 16.3 Å². The van der Waals surface area contributed by atoms with E-state index in [9.17, 15) is 43.7 Å². The maximum Gasteiger partial charge on any atom is 0.210 e. The number of aliphatic hydroxyl groups excluding tert-OH is 2. The van der Waals surface area contributed by atoms with Crippen molar-refractivity contribution >= 4 is 66.6 Å². The number of carbonyl (C=O) groups is 2. The summed E-state index contributed by atoms with van der Waals surface area (Å²) in [5.41, 5.74) is 15.4. The molecule has 3 aromatic heterocycles. The van der Waals surface area contributed by atoms with Crippen LogP contribution in [0.2, 0.25) is 0 Å². The highest BCUT2D eigenvalue weighted by molar-refractivity contribution is 9.10. The van der Waals surface area contributed by atoms with Gasteiger partial charge in [-0.3, -0.25) is 24.0 Å². The van der Waals surface area contributed by atoms with Gasteiger partial charge in [0.1, 0.15) is 91.3 Å². The van der Waals surface area contributed by atoms with Gasteiger partial charge in [-0.15, -0.1) is 0 Å². The molecule has 3 atom stereocenters. The van der Waals surface area contributed by atoms with Crippen molar-refractivity contribution in [1.82, 2.24) is 0 Å². The number of nitrogens with zero attached hydrogens (tertiary/aromatic N) is 2. The highest BCUT2D eigenvalue weighted by atomic mass is 79.9. The first-order valence-corrected chi connectivity index (χ1v) is 40.5. The molecule has 0 aliphatic carbocycles. The minimum absolute atomic E-state index is 0.0104. The van der Waals surface area contributed by atoms with Gasteiger partial charge in [0.15, 0.2) is 17.3 Å². The zero-order valence-corrected chi connectivity index (χ0v) is 72.8. The first kappa shape index (κ1) is 93.9. The number of benzene rings is 12. The van der Waals surface area contributed by atoms with Crippen molar-refractivity contribution in [2.45, 2.75) is 107 Å². The van der Waals surface area contributed by atoms with Gasteiger partial charge < -0.3 is 52.7 Å². The summed E-state index contributed by atoms with van der Waals surface area (Å²) in [6.07, 6.45) is -0.0647. The molecule has 0 aliphatic rings. The Morgan fingerprint density at radius 2 is 0.863 bits per heavy atom. The molecule has 18 nitrogen and oxygen atoms in total. The Kier molecular flexibility index (Phi) is 34.6. The van der Waals surface area contributed by atoms with Crippen LogP contribution in [0.3, 0.4) is 0 Å². The van der Waals surface area contributed by atoms with E-state index in [4.69, 9.17) is 42.7 Å². The molecule has 0 aliphatic heterocycles. The lowest BCUT2D eigenvalue weighted by Crippen LogP contribution is -2.14. The molecule has 15 rings (SSSR count). The zero-order valence-electron chi connectivity index (χ0n) is 71.2. The van der Waals surface area contributed by atoms with E-state index in [0.717, 1.165) is 72.3 Å².